The number of hydrogen-bond donors (Lipinski definition) is 2. The highest BCUT2D eigenvalue weighted by atomic mass is 32.5. The number of carbonyl (C=O) groups excluding carboxylic acids is 2. The number of amides is 2. The summed E-state index contributed by atoms with van der Waals surface area (Å²) < 4.78 is 122. The molecule has 1 aromatic carbocycles. The van der Waals surface area contributed by atoms with Crippen LogP contribution in [0.25, 0.3) is 0 Å². The molecule has 6 nitrogen and oxygen atoms in total. The Bertz CT molecular complexity index is 1270. The van der Waals surface area contributed by atoms with Crippen LogP contribution in [-0.4, -0.2) is 47.5 Å². The van der Waals surface area contributed by atoms with Crippen molar-refractivity contribution in [3.05, 3.63) is 54.1 Å². The maximum Gasteiger partial charge on any atom is 0.310 e. The zero-order valence-electron chi connectivity index (χ0n) is 20.6. The fraction of sp³-hybridized carbons (Fsp3) is 0.458. The lowest BCUT2D eigenvalue weighted by atomic mass is 9.91. The molecule has 1 aromatic heterocycles. The molecule has 1 aliphatic carbocycles. The summed E-state index contributed by atoms with van der Waals surface area (Å²) in [6, 6.07) is -1.88. The molecule has 222 valence electrons. The van der Waals surface area contributed by atoms with Gasteiger partial charge in [-0.3, -0.25) is 19.5 Å². The van der Waals surface area contributed by atoms with E-state index in [4.69, 9.17) is 0 Å². The van der Waals surface area contributed by atoms with Crippen molar-refractivity contribution >= 4 is 27.7 Å². The van der Waals surface area contributed by atoms with Crippen molar-refractivity contribution in [2.75, 3.05) is 11.4 Å². The summed E-state index contributed by atoms with van der Waals surface area (Å²) in [6.45, 7) is -0.248. The van der Waals surface area contributed by atoms with Gasteiger partial charge in [0.05, 0.1) is 12.2 Å². The van der Waals surface area contributed by atoms with E-state index < -0.39 is 81.5 Å². The molecular formula is C24H25F9N4O2S. The Morgan fingerprint density at radius 3 is 2.20 bits per heavy atom. The maximum absolute atomic E-state index is 14.2. The summed E-state index contributed by atoms with van der Waals surface area (Å²) in [5, 5.41) is 5.11. The number of anilines is 1. The average Bonchev–Trinajstić information content (AvgIpc) is 3.28. The van der Waals surface area contributed by atoms with E-state index >= 15 is 0 Å². The van der Waals surface area contributed by atoms with Crippen LogP contribution in [0.1, 0.15) is 43.7 Å². The molecule has 0 radical (unpaired) electrons. The molecule has 3 atom stereocenters. The van der Waals surface area contributed by atoms with Crippen LogP contribution < -0.4 is 15.5 Å². The fourth-order valence-corrected chi connectivity index (χ4v) is 5.43. The molecule has 2 fully saturated rings. The Hall–Kier alpha value is -3.01. The molecule has 16 heteroatoms. The summed E-state index contributed by atoms with van der Waals surface area (Å²) in [5.74, 6) is -5.90. The monoisotopic (exact) mass is 604 g/mol. The molecule has 0 spiro atoms. The normalized spacial score (nSPS) is 24.0. The van der Waals surface area contributed by atoms with Gasteiger partial charge in [0.25, 0.3) is 0 Å². The molecule has 2 amide bonds. The quantitative estimate of drug-likeness (QED) is 0.362. The third kappa shape index (κ3) is 7.00. The number of aromatic nitrogens is 1. The molecular weight excluding hydrogens is 579 g/mol. The number of halogens is 9. The van der Waals surface area contributed by atoms with Gasteiger partial charge in [0.15, 0.2) is 0 Å². The van der Waals surface area contributed by atoms with Crippen LogP contribution in [0, 0.1) is 5.82 Å². The van der Waals surface area contributed by atoms with Gasteiger partial charge >= 0.3 is 10.2 Å². The van der Waals surface area contributed by atoms with Crippen LogP contribution >= 0.6 is 10.2 Å². The van der Waals surface area contributed by atoms with E-state index in [1.165, 1.54) is 0 Å². The maximum atomic E-state index is 14.2. The van der Waals surface area contributed by atoms with Crippen LogP contribution in [0.5, 0.6) is 0 Å². The Kier molecular flexibility index (Phi) is 7.35. The number of benzene rings is 1. The van der Waals surface area contributed by atoms with Crippen molar-refractivity contribution in [3.63, 3.8) is 0 Å². The first kappa shape index (κ1) is 30.0. The number of pyridine rings is 1. The van der Waals surface area contributed by atoms with Crippen molar-refractivity contribution in [1.82, 2.24) is 15.6 Å². The van der Waals surface area contributed by atoms with E-state index in [1.807, 2.05) is 0 Å². The van der Waals surface area contributed by atoms with Crippen LogP contribution in [0.2, 0.25) is 0 Å². The van der Waals surface area contributed by atoms with E-state index in [1.54, 1.807) is 0 Å². The zero-order chi connectivity index (χ0) is 29.6. The summed E-state index contributed by atoms with van der Waals surface area (Å²) in [4.78, 5) is 29.2. The Labute approximate surface area is 223 Å². The molecule has 2 N–H and O–H groups in total. The van der Waals surface area contributed by atoms with Gasteiger partial charge in [-0.15, -0.1) is 0 Å². The highest BCUT2D eigenvalue weighted by Crippen LogP contribution is 3.02. The van der Waals surface area contributed by atoms with E-state index in [2.05, 4.69) is 15.6 Å². The first-order valence-corrected chi connectivity index (χ1v) is 14.1. The van der Waals surface area contributed by atoms with E-state index in [0.29, 0.717) is 17.0 Å². The first-order chi connectivity index (χ1) is 18.3. The van der Waals surface area contributed by atoms with Crippen LogP contribution in [-0.2, 0) is 9.59 Å². The molecule has 1 saturated heterocycles. The Morgan fingerprint density at radius 1 is 1.05 bits per heavy atom. The van der Waals surface area contributed by atoms with Gasteiger partial charge in [0.2, 0.25) is 17.7 Å². The molecule has 2 aliphatic rings. The summed E-state index contributed by atoms with van der Waals surface area (Å²) in [5.41, 5.74) is -0.710. The lowest BCUT2D eigenvalue weighted by Gasteiger charge is -2.41. The number of rotatable bonds is 7. The number of nitrogens with zero attached hydrogens (tertiary/aromatic N) is 2. The second-order valence-corrected chi connectivity index (χ2v) is 12.4. The van der Waals surface area contributed by atoms with Gasteiger partial charge in [-0.1, -0.05) is 19.4 Å². The number of alkyl halides is 3. The van der Waals surface area contributed by atoms with Gasteiger partial charge in [0, 0.05) is 49.3 Å². The van der Waals surface area contributed by atoms with Crippen molar-refractivity contribution in [1.29, 1.82) is 0 Å². The van der Waals surface area contributed by atoms with E-state index in [-0.39, 0.29) is 43.5 Å². The minimum atomic E-state index is -10.1. The molecule has 2 heterocycles. The summed E-state index contributed by atoms with van der Waals surface area (Å²) in [7, 11) is -10.1. The highest BCUT2D eigenvalue weighted by molar-refractivity contribution is 8.45. The van der Waals surface area contributed by atoms with Crippen molar-refractivity contribution in [3.8, 4) is 0 Å². The molecule has 4 rings (SSSR count). The van der Waals surface area contributed by atoms with Crippen molar-refractivity contribution < 1.29 is 46.6 Å². The predicted octanol–water partition coefficient (Wildman–Crippen LogP) is 6.35. The van der Waals surface area contributed by atoms with Crippen LogP contribution in [0.4, 0.5) is 42.7 Å². The van der Waals surface area contributed by atoms with E-state index in [9.17, 15) is 46.6 Å². The smallest absolute Gasteiger partial charge is 0.310 e. The number of nitrogens with one attached hydrogen (secondary N) is 2. The van der Waals surface area contributed by atoms with Gasteiger partial charge in [-0.25, -0.2) is 17.6 Å². The predicted molar refractivity (Wildman–Crippen MR) is 129 cm³/mol. The lowest BCUT2D eigenvalue weighted by molar-refractivity contribution is -0.128. The second-order valence-electron chi connectivity index (χ2n) is 9.94. The Morgan fingerprint density at radius 2 is 1.68 bits per heavy atom. The number of carbonyl (C=O) groups is 2. The second kappa shape index (κ2) is 9.82. The van der Waals surface area contributed by atoms with Crippen LogP contribution in [0.3, 0.4) is 0 Å². The third-order valence-electron chi connectivity index (χ3n) is 6.78. The average molecular weight is 605 g/mol. The lowest BCUT2D eigenvalue weighted by Crippen LogP contribution is -2.52. The summed E-state index contributed by atoms with van der Waals surface area (Å²) in [6.07, 6.45) is -1.39. The van der Waals surface area contributed by atoms with Gasteiger partial charge in [0.1, 0.15) is 22.9 Å². The molecule has 0 bridgehead atoms. The molecule has 1 unspecified atom stereocenters. The van der Waals surface area contributed by atoms with Gasteiger partial charge < -0.3 is 10.6 Å². The highest BCUT2D eigenvalue weighted by Gasteiger charge is 2.65. The fourth-order valence-electron chi connectivity index (χ4n) is 4.78. The molecule has 1 saturated carbocycles. The zero-order valence-corrected chi connectivity index (χ0v) is 21.4. The third-order valence-corrected chi connectivity index (χ3v) is 7.95. The van der Waals surface area contributed by atoms with Crippen molar-refractivity contribution in [2.24, 2.45) is 0 Å². The molecule has 40 heavy (non-hydrogen) atoms. The largest absolute Gasteiger partial charge is 0.351 e. The number of hydrogen-bond acceptors (Lipinski definition) is 4. The van der Waals surface area contributed by atoms with Gasteiger partial charge in [-0.05, 0) is 43.2 Å². The first-order valence-electron chi connectivity index (χ1n) is 12.2. The topological polar surface area (TPSA) is 74.3 Å². The molecule has 2 aromatic rings. The van der Waals surface area contributed by atoms with Crippen LogP contribution in [0.15, 0.2) is 47.6 Å². The molecule has 1 aliphatic heterocycles. The van der Waals surface area contributed by atoms with Gasteiger partial charge in [-0.2, -0.15) is 0 Å². The summed E-state index contributed by atoms with van der Waals surface area (Å²) >= 11 is 0. The SMILES string of the molecule is O=C(NC1CCC(F)(F)CC1)C(c1cncc(F)c1)N(C(=O)[C@H]1C[C@@H](F)CN1)c1ccc(S(F)(F)(F)(F)F)cc1. The standard InChI is InChI=1S/C24H25F9N4O2S/c25-15-9-14(11-34-12-15)21(22(38)36-17-5-7-24(27,28)8-6-17)37(23(39)20-10-16(26)13-35-20)18-1-3-19(4-2-18)40(29,30,31,32)33/h1-4,9,11-12,16-17,20-21,35H,5-8,10,13H2,(H,36,38)/t16-,20-,21?/m1/s1. The Balaban J connectivity index is 1.78. The minimum absolute atomic E-state index is 0.0409. The van der Waals surface area contributed by atoms with E-state index in [0.717, 1.165) is 18.5 Å². The van der Waals surface area contributed by atoms with Crippen molar-refractivity contribution in [2.45, 2.75) is 67.2 Å². The minimum Gasteiger partial charge on any atom is -0.351 e.